The maximum absolute atomic E-state index is 5.82. The summed E-state index contributed by atoms with van der Waals surface area (Å²) in [4.78, 5) is 0. The Morgan fingerprint density at radius 3 is 3.15 bits per heavy atom. The number of hydrogen-bond donors (Lipinski definition) is 1. The Morgan fingerprint density at radius 1 is 1.40 bits per heavy atom. The molecule has 5 nitrogen and oxygen atoms in total. The van der Waals surface area contributed by atoms with Gasteiger partial charge in [-0.15, -0.1) is 10.2 Å². The van der Waals surface area contributed by atoms with Gasteiger partial charge in [0.25, 0.3) is 0 Å². The Labute approximate surface area is 118 Å². The van der Waals surface area contributed by atoms with Crippen molar-refractivity contribution in [1.82, 2.24) is 15.5 Å². The SMILES string of the molecule is CCOc1cccc(-c2nnc(C3CCCNC3)o2)c1. The Bertz CT molecular complexity index is 562. The molecule has 0 amide bonds. The average molecular weight is 273 g/mol. The van der Waals surface area contributed by atoms with Crippen LogP contribution in [0.15, 0.2) is 28.7 Å². The molecule has 1 unspecified atom stereocenters. The lowest BCUT2D eigenvalue weighted by Crippen LogP contribution is -2.28. The summed E-state index contributed by atoms with van der Waals surface area (Å²) >= 11 is 0. The first-order chi connectivity index (χ1) is 9.86. The first-order valence-corrected chi connectivity index (χ1v) is 7.14. The van der Waals surface area contributed by atoms with E-state index in [0.717, 1.165) is 43.1 Å². The number of benzene rings is 1. The van der Waals surface area contributed by atoms with Crippen LogP contribution < -0.4 is 10.1 Å². The van der Waals surface area contributed by atoms with Crippen molar-refractivity contribution in [2.75, 3.05) is 19.7 Å². The van der Waals surface area contributed by atoms with Crippen LogP contribution in [-0.4, -0.2) is 29.9 Å². The zero-order valence-corrected chi connectivity index (χ0v) is 11.6. The lowest BCUT2D eigenvalue weighted by atomic mass is 10.00. The summed E-state index contributed by atoms with van der Waals surface area (Å²) in [5.74, 6) is 2.45. The summed E-state index contributed by atoms with van der Waals surface area (Å²) in [7, 11) is 0. The van der Waals surface area contributed by atoms with E-state index < -0.39 is 0 Å². The highest BCUT2D eigenvalue weighted by Crippen LogP contribution is 2.27. The molecule has 1 aliphatic rings. The van der Waals surface area contributed by atoms with E-state index >= 15 is 0 Å². The molecule has 0 saturated carbocycles. The average Bonchev–Trinajstić information content (AvgIpc) is 2.99. The molecule has 20 heavy (non-hydrogen) atoms. The van der Waals surface area contributed by atoms with Crippen molar-refractivity contribution < 1.29 is 9.15 Å². The van der Waals surface area contributed by atoms with Crippen molar-refractivity contribution in [3.8, 4) is 17.2 Å². The van der Waals surface area contributed by atoms with Gasteiger partial charge in [0, 0.05) is 18.0 Å². The quantitative estimate of drug-likeness (QED) is 0.927. The van der Waals surface area contributed by atoms with Gasteiger partial charge >= 0.3 is 0 Å². The molecule has 0 bridgehead atoms. The normalized spacial score (nSPS) is 18.9. The molecule has 1 aromatic heterocycles. The topological polar surface area (TPSA) is 60.2 Å². The fourth-order valence-electron chi connectivity index (χ4n) is 2.46. The smallest absolute Gasteiger partial charge is 0.247 e. The third-order valence-electron chi connectivity index (χ3n) is 3.48. The summed E-state index contributed by atoms with van der Waals surface area (Å²) in [6.07, 6.45) is 2.26. The van der Waals surface area contributed by atoms with Crippen molar-refractivity contribution in [2.24, 2.45) is 0 Å². The number of piperidine rings is 1. The minimum atomic E-state index is 0.333. The lowest BCUT2D eigenvalue weighted by Gasteiger charge is -2.18. The summed E-state index contributed by atoms with van der Waals surface area (Å²) in [5.41, 5.74) is 0.901. The Balaban J connectivity index is 1.80. The molecule has 0 radical (unpaired) electrons. The number of rotatable bonds is 4. The second-order valence-corrected chi connectivity index (χ2v) is 4.95. The van der Waals surface area contributed by atoms with Crippen molar-refractivity contribution >= 4 is 0 Å². The molecular weight excluding hydrogens is 254 g/mol. The second kappa shape index (κ2) is 6.05. The maximum atomic E-state index is 5.82. The van der Waals surface area contributed by atoms with Gasteiger partial charge in [0.1, 0.15) is 5.75 Å². The van der Waals surface area contributed by atoms with Crippen LogP contribution in [0.25, 0.3) is 11.5 Å². The van der Waals surface area contributed by atoms with E-state index in [1.54, 1.807) is 0 Å². The molecule has 0 aliphatic carbocycles. The maximum Gasteiger partial charge on any atom is 0.247 e. The van der Waals surface area contributed by atoms with E-state index in [4.69, 9.17) is 9.15 Å². The van der Waals surface area contributed by atoms with Crippen molar-refractivity contribution in [1.29, 1.82) is 0 Å². The van der Waals surface area contributed by atoms with E-state index in [0.29, 0.717) is 18.4 Å². The highest BCUT2D eigenvalue weighted by atomic mass is 16.5. The first-order valence-electron chi connectivity index (χ1n) is 7.14. The van der Waals surface area contributed by atoms with Gasteiger partial charge < -0.3 is 14.5 Å². The molecule has 1 aliphatic heterocycles. The summed E-state index contributed by atoms with van der Waals surface area (Å²) < 4.78 is 11.3. The predicted molar refractivity (Wildman–Crippen MR) is 75.7 cm³/mol. The standard InChI is InChI=1S/C15H19N3O2/c1-2-19-13-7-3-5-11(9-13)14-17-18-15(20-14)12-6-4-8-16-10-12/h3,5,7,9,12,16H,2,4,6,8,10H2,1H3. The predicted octanol–water partition coefficient (Wildman–Crippen LogP) is 2.60. The van der Waals surface area contributed by atoms with Crippen LogP contribution in [0.5, 0.6) is 5.75 Å². The monoisotopic (exact) mass is 273 g/mol. The van der Waals surface area contributed by atoms with Crippen LogP contribution in [0.2, 0.25) is 0 Å². The van der Waals surface area contributed by atoms with Gasteiger partial charge in [-0.25, -0.2) is 0 Å². The molecule has 106 valence electrons. The Kier molecular flexibility index (Phi) is 3.97. The summed E-state index contributed by atoms with van der Waals surface area (Å²) in [5, 5.41) is 11.7. The molecule has 1 fully saturated rings. The van der Waals surface area contributed by atoms with Crippen molar-refractivity contribution in [3.63, 3.8) is 0 Å². The molecule has 1 aromatic carbocycles. The van der Waals surface area contributed by atoms with Gasteiger partial charge in [-0.05, 0) is 44.5 Å². The van der Waals surface area contributed by atoms with Gasteiger partial charge in [-0.3, -0.25) is 0 Å². The van der Waals surface area contributed by atoms with E-state index in [9.17, 15) is 0 Å². The zero-order chi connectivity index (χ0) is 13.8. The molecular formula is C15H19N3O2. The molecule has 2 heterocycles. The number of aromatic nitrogens is 2. The Morgan fingerprint density at radius 2 is 2.35 bits per heavy atom. The highest BCUT2D eigenvalue weighted by molar-refractivity contribution is 5.55. The van der Waals surface area contributed by atoms with Crippen molar-refractivity contribution in [2.45, 2.75) is 25.7 Å². The molecule has 1 atom stereocenters. The highest BCUT2D eigenvalue weighted by Gasteiger charge is 2.21. The fourth-order valence-corrected chi connectivity index (χ4v) is 2.46. The van der Waals surface area contributed by atoms with Gasteiger partial charge in [-0.1, -0.05) is 6.07 Å². The summed E-state index contributed by atoms with van der Waals surface area (Å²) in [6, 6.07) is 7.75. The number of nitrogens with one attached hydrogen (secondary N) is 1. The minimum Gasteiger partial charge on any atom is -0.494 e. The van der Waals surface area contributed by atoms with E-state index in [-0.39, 0.29) is 0 Å². The summed E-state index contributed by atoms with van der Waals surface area (Å²) in [6.45, 7) is 4.61. The van der Waals surface area contributed by atoms with E-state index in [1.165, 1.54) is 0 Å². The molecule has 1 saturated heterocycles. The van der Waals surface area contributed by atoms with E-state index in [1.807, 2.05) is 31.2 Å². The van der Waals surface area contributed by atoms with Crippen LogP contribution >= 0.6 is 0 Å². The van der Waals surface area contributed by atoms with E-state index in [2.05, 4.69) is 15.5 Å². The fraction of sp³-hybridized carbons (Fsp3) is 0.467. The molecule has 1 N–H and O–H groups in total. The molecule has 5 heteroatoms. The van der Waals surface area contributed by atoms with Crippen LogP contribution in [0.1, 0.15) is 31.6 Å². The van der Waals surface area contributed by atoms with Crippen LogP contribution in [0.4, 0.5) is 0 Å². The van der Waals surface area contributed by atoms with Crippen LogP contribution in [-0.2, 0) is 0 Å². The van der Waals surface area contributed by atoms with Gasteiger partial charge in [0.05, 0.1) is 6.61 Å². The molecule has 2 aromatic rings. The zero-order valence-electron chi connectivity index (χ0n) is 11.6. The Hall–Kier alpha value is -1.88. The number of nitrogens with zero attached hydrogens (tertiary/aromatic N) is 2. The lowest BCUT2D eigenvalue weighted by molar-refractivity contribution is 0.340. The first kappa shape index (κ1) is 13.1. The van der Waals surface area contributed by atoms with Crippen LogP contribution in [0, 0.1) is 0 Å². The number of hydrogen-bond acceptors (Lipinski definition) is 5. The van der Waals surface area contributed by atoms with Crippen LogP contribution in [0.3, 0.4) is 0 Å². The van der Waals surface area contributed by atoms with Crippen molar-refractivity contribution in [3.05, 3.63) is 30.2 Å². The largest absolute Gasteiger partial charge is 0.494 e. The van der Waals surface area contributed by atoms with Gasteiger partial charge in [0.2, 0.25) is 11.8 Å². The van der Waals surface area contributed by atoms with Gasteiger partial charge in [0.15, 0.2) is 0 Å². The molecule has 0 spiro atoms. The van der Waals surface area contributed by atoms with Gasteiger partial charge in [-0.2, -0.15) is 0 Å². The third-order valence-corrected chi connectivity index (χ3v) is 3.48. The number of ether oxygens (including phenoxy) is 1. The third kappa shape index (κ3) is 2.82. The second-order valence-electron chi connectivity index (χ2n) is 4.95. The minimum absolute atomic E-state index is 0.333. The molecule has 3 rings (SSSR count).